The van der Waals surface area contributed by atoms with Crippen molar-refractivity contribution in [2.45, 2.75) is 6.42 Å². The van der Waals surface area contributed by atoms with Gasteiger partial charge >= 0.3 is 0 Å². The van der Waals surface area contributed by atoms with Crippen molar-refractivity contribution < 1.29 is 0 Å². The summed E-state index contributed by atoms with van der Waals surface area (Å²) in [5.41, 5.74) is 8.18. The summed E-state index contributed by atoms with van der Waals surface area (Å²) < 4.78 is 0. The van der Waals surface area contributed by atoms with E-state index in [1.54, 1.807) is 6.20 Å². The van der Waals surface area contributed by atoms with Gasteiger partial charge in [0.2, 0.25) is 0 Å². The van der Waals surface area contributed by atoms with Crippen LogP contribution in [0.5, 0.6) is 0 Å². The number of nitrogens with one attached hydrogen (secondary N) is 2. The zero-order valence-corrected chi connectivity index (χ0v) is 8.20. The van der Waals surface area contributed by atoms with Crippen LogP contribution >= 0.6 is 0 Å². The summed E-state index contributed by atoms with van der Waals surface area (Å²) in [5.74, 6) is 0. The van der Waals surface area contributed by atoms with Gasteiger partial charge < -0.3 is 16.1 Å². The molecule has 0 spiro atoms. The molecule has 0 atom stereocenters. The number of aromatic amines is 1. The Labute approximate surface area is 87.3 Å². The van der Waals surface area contributed by atoms with Gasteiger partial charge in [-0.25, -0.2) is 4.98 Å². The van der Waals surface area contributed by atoms with Gasteiger partial charge in [0.05, 0.1) is 0 Å². The van der Waals surface area contributed by atoms with E-state index in [9.17, 15) is 0 Å². The zero-order chi connectivity index (χ0) is 10.7. The fourth-order valence-corrected chi connectivity index (χ4v) is 1.54. The van der Waals surface area contributed by atoms with Gasteiger partial charge in [-0.2, -0.15) is 0 Å². The van der Waals surface area contributed by atoms with Crippen molar-refractivity contribution in [3.63, 3.8) is 0 Å². The minimum Gasteiger partial charge on any atom is -0.404 e. The van der Waals surface area contributed by atoms with Crippen molar-refractivity contribution in [2.75, 3.05) is 0 Å². The highest BCUT2D eigenvalue weighted by Gasteiger charge is 2.04. The minimum absolute atomic E-state index is 0.658. The molecule has 2 rings (SSSR count). The Kier molecular flexibility index (Phi) is 2.49. The fourth-order valence-electron chi connectivity index (χ4n) is 1.54. The minimum atomic E-state index is 0.658. The molecule has 0 saturated heterocycles. The van der Waals surface area contributed by atoms with Gasteiger partial charge in [0.1, 0.15) is 5.65 Å². The molecule has 0 aliphatic carbocycles. The molecule has 0 unspecified atom stereocenters. The van der Waals surface area contributed by atoms with Crippen LogP contribution in [0.25, 0.3) is 11.0 Å². The molecule has 76 valence electrons. The summed E-state index contributed by atoms with van der Waals surface area (Å²) in [4.78, 5) is 7.28. The van der Waals surface area contributed by atoms with Crippen LogP contribution < -0.4 is 5.73 Å². The van der Waals surface area contributed by atoms with Crippen molar-refractivity contribution in [3.8, 4) is 0 Å². The molecule has 2 aromatic rings. The van der Waals surface area contributed by atoms with Gasteiger partial charge in [-0.15, -0.1) is 0 Å². The summed E-state index contributed by atoms with van der Waals surface area (Å²) in [6.07, 6.45) is 7.05. The van der Waals surface area contributed by atoms with Crippen LogP contribution in [0, 0.1) is 5.41 Å². The van der Waals surface area contributed by atoms with Crippen molar-refractivity contribution in [2.24, 2.45) is 5.73 Å². The Balaban J connectivity index is 2.40. The van der Waals surface area contributed by atoms with Crippen LogP contribution in [0.4, 0.5) is 0 Å². The first-order chi connectivity index (χ1) is 7.35. The van der Waals surface area contributed by atoms with E-state index in [-0.39, 0.29) is 0 Å². The van der Waals surface area contributed by atoms with Gasteiger partial charge in [-0.1, -0.05) is 0 Å². The van der Waals surface area contributed by atoms with Gasteiger partial charge in [-0.3, -0.25) is 0 Å². The number of fused-ring (bicyclic) bond motifs is 1. The van der Waals surface area contributed by atoms with Crippen LogP contribution in [0.3, 0.4) is 0 Å². The van der Waals surface area contributed by atoms with Crippen molar-refractivity contribution in [1.29, 1.82) is 5.41 Å². The summed E-state index contributed by atoms with van der Waals surface area (Å²) in [5, 5.41) is 8.25. The molecule has 2 aromatic heterocycles. The maximum Gasteiger partial charge on any atom is 0.137 e. The number of rotatable bonds is 3. The Morgan fingerprint density at radius 2 is 2.47 bits per heavy atom. The summed E-state index contributed by atoms with van der Waals surface area (Å²) in [6.45, 7) is 0. The maximum atomic E-state index is 7.17. The van der Waals surface area contributed by atoms with Crippen LogP contribution in [0.15, 0.2) is 36.3 Å². The third kappa shape index (κ3) is 1.74. The standard InChI is InChI=1S/C11H12N4/c12-5-8(6-13)4-9-7-15-11-10(9)2-1-3-14-11/h1-3,5-7,12H,4,13H2,(H,14,15). The van der Waals surface area contributed by atoms with Gasteiger partial charge in [0.25, 0.3) is 0 Å². The molecule has 4 N–H and O–H groups in total. The van der Waals surface area contributed by atoms with E-state index in [1.807, 2.05) is 18.3 Å². The Morgan fingerprint density at radius 1 is 1.60 bits per heavy atom. The number of nitrogens with two attached hydrogens (primary N) is 1. The smallest absolute Gasteiger partial charge is 0.137 e. The second-order valence-electron chi connectivity index (χ2n) is 3.28. The Bertz CT molecular complexity index is 510. The highest BCUT2D eigenvalue weighted by atomic mass is 14.8. The second kappa shape index (κ2) is 3.96. The van der Waals surface area contributed by atoms with Crippen LogP contribution in [-0.4, -0.2) is 16.2 Å². The Hall–Kier alpha value is -2.10. The summed E-state index contributed by atoms with van der Waals surface area (Å²) in [7, 11) is 0. The zero-order valence-electron chi connectivity index (χ0n) is 8.20. The highest BCUT2D eigenvalue weighted by Crippen LogP contribution is 2.17. The number of hydrogen-bond acceptors (Lipinski definition) is 3. The molecule has 0 saturated carbocycles. The molecular weight excluding hydrogens is 188 g/mol. The SMILES string of the molecule is N=CC(=CN)Cc1c[nH]c2ncccc12. The van der Waals surface area contributed by atoms with Crippen molar-refractivity contribution in [3.05, 3.63) is 41.9 Å². The molecule has 0 bridgehead atoms. The van der Waals surface area contributed by atoms with E-state index < -0.39 is 0 Å². The first-order valence-electron chi connectivity index (χ1n) is 4.67. The topological polar surface area (TPSA) is 78.5 Å². The Morgan fingerprint density at radius 3 is 3.20 bits per heavy atom. The molecule has 0 fully saturated rings. The van der Waals surface area contributed by atoms with E-state index in [2.05, 4.69) is 9.97 Å². The lowest BCUT2D eigenvalue weighted by atomic mass is 10.1. The molecule has 0 aromatic carbocycles. The quantitative estimate of drug-likeness (QED) is 0.658. The molecular formula is C11H12N4. The molecule has 0 aliphatic rings. The molecule has 2 heterocycles. The molecule has 4 nitrogen and oxygen atoms in total. The van der Waals surface area contributed by atoms with Gasteiger partial charge in [0.15, 0.2) is 0 Å². The predicted octanol–water partition coefficient (Wildman–Crippen LogP) is 1.60. The summed E-state index contributed by atoms with van der Waals surface area (Å²) >= 11 is 0. The molecule has 0 radical (unpaired) electrons. The van der Waals surface area contributed by atoms with Crippen LogP contribution in [-0.2, 0) is 6.42 Å². The third-order valence-electron chi connectivity index (χ3n) is 2.33. The van der Waals surface area contributed by atoms with E-state index in [4.69, 9.17) is 11.1 Å². The van der Waals surface area contributed by atoms with E-state index in [0.29, 0.717) is 6.42 Å². The normalized spacial score (nSPS) is 11.9. The largest absolute Gasteiger partial charge is 0.404 e. The number of H-pyrrole nitrogens is 1. The predicted molar refractivity (Wildman–Crippen MR) is 60.9 cm³/mol. The lowest BCUT2D eigenvalue weighted by molar-refractivity contribution is 1.22. The molecule has 4 heteroatoms. The van der Waals surface area contributed by atoms with Crippen LogP contribution in [0.1, 0.15) is 5.56 Å². The van der Waals surface area contributed by atoms with E-state index in [0.717, 1.165) is 22.2 Å². The monoisotopic (exact) mass is 200 g/mol. The van der Waals surface area contributed by atoms with Crippen molar-refractivity contribution in [1.82, 2.24) is 9.97 Å². The van der Waals surface area contributed by atoms with E-state index >= 15 is 0 Å². The van der Waals surface area contributed by atoms with Crippen LogP contribution in [0.2, 0.25) is 0 Å². The molecule has 15 heavy (non-hydrogen) atoms. The first kappa shape index (κ1) is 9.45. The van der Waals surface area contributed by atoms with Gasteiger partial charge in [0, 0.05) is 30.4 Å². The van der Waals surface area contributed by atoms with Gasteiger partial charge in [-0.05, 0) is 29.5 Å². The number of pyridine rings is 1. The molecule has 0 amide bonds. The van der Waals surface area contributed by atoms with E-state index in [1.165, 1.54) is 12.4 Å². The summed E-state index contributed by atoms with van der Waals surface area (Å²) in [6, 6.07) is 3.90. The fraction of sp³-hybridized carbons (Fsp3) is 0.0909. The average Bonchev–Trinajstić information content (AvgIpc) is 2.69. The molecule has 0 aliphatic heterocycles. The first-order valence-corrected chi connectivity index (χ1v) is 4.67. The number of hydrogen-bond donors (Lipinski definition) is 3. The second-order valence-corrected chi connectivity index (χ2v) is 3.28. The number of nitrogens with zero attached hydrogens (tertiary/aromatic N) is 1. The third-order valence-corrected chi connectivity index (χ3v) is 2.33. The lowest BCUT2D eigenvalue weighted by Crippen LogP contribution is -1.94. The lowest BCUT2D eigenvalue weighted by Gasteiger charge is -1.98. The number of allylic oxidation sites excluding steroid dienone is 1. The van der Waals surface area contributed by atoms with Crippen molar-refractivity contribution >= 4 is 17.2 Å². The average molecular weight is 200 g/mol. The number of aromatic nitrogens is 2. The maximum absolute atomic E-state index is 7.17. The highest BCUT2D eigenvalue weighted by molar-refractivity contribution is 5.83.